The molecule has 0 spiro atoms. The van der Waals surface area contributed by atoms with Crippen LogP contribution in [0.1, 0.15) is 25.2 Å². The molecule has 1 heterocycles. The van der Waals surface area contributed by atoms with E-state index in [1.165, 1.54) is 0 Å². The van der Waals surface area contributed by atoms with Gasteiger partial charge >= 0.3 is 6.03 Å². The van der Waals surface area contributed by atoms with Gasteiger partial charge in [-0.3, -0.25) is 0 Å². The number of nitrogens with zero attached hydrogens (tertiary/aromatic N) is 2. The van der Waals surface area contributed by atoms with Gasteiger partial charge in [-0.15, -0.1) is 0 Å². The number of aryl methyl sites for hydroxylation is 1. The van der Waals surface area contributed by atoms with Crippen LogP contribution in [-0.4, -0.2) is 21.6 Å². The van der Waals surface area contributed by atoms with E-state index in [0.29, 0.717) is 19.1 Å². The molecule has 0 aliphatic rings. The Bertz CT molecular complexity index is 621. The molecule has 0 aliphatic heterocycles. The summed E-state index contributed by atoms with van der Waals surface area (Å²) in [6.45, 7) is 5.08. The fourth-order valence-corrected chi connectivity index (χ4v) is 2.08. The predicted molar refractivity (Wildman–Crippen MR) is 87.5 cm³/mol. The number of urea groups is 1. The Morgan fingerprint density at radius 1 is 1.27 bits per heavy atom. The third kappa shape index (κ3) is 4.80. The van der Waals surface area contributed by atoms with Gasteiger partial charge < -0.3 is 20.5 Å². The maximum absolute atomic E-state index is 11.8. The maximum atomic E-state index is 11.8. The van der Waals surface area contributed by atoms with Gasteiger partial charge in [-0.1, -0.05) is 12.1 Å². The van der Waals surface area contributed by atoms with Gasteiger partial charge in [-0.25, -0.2) is 9.78 Å². The Balaban J connectivity index is 1.79. The molecule has 3 N–H and O–H groups in total. The molecule has 118 valence electrons. The maximum Gasteiger partial charge on any atom is 0.315 e. The first-order valence-corrected chi connectivity index (χ1v) is 7.38. The van der Waals surface area contributed by atoms with Gasteiger partial charge in [0.2, 0.25) is 0 Å². The molecule has 0 fully saturated rings. The van der Waals surface area contributed by atoms with E-state index in [2.05, 4.69) is 34.8 Å². The van der Waals surface area contributed by atoms with Crippen LogP contribution in [0.2, 0.25) is 0 Å². The number of rotatable bonds is 6. The molecule has 1 aromatic carbocycles. The van der Waals surface area contributed by atoms with E-state index in [9.17, 15) is 4.79 Å². The van der Waals surface area contributed by atoms with Gasteiger partial charge in [-0.05, 0) is 31.5 Å². The monoisotopic (exact) mass is 301 g/mol. The van der Waals surface area contributed by atoms with Gasteiger partial charge in [0.25, 0.3) is 0 Å². The molecule has 2 rings (SSSR count). The molecule has 2 aromatic rings. The summed E-state index contributed by atoms with van der Waals surface area (Å²) in [5.74, 6) is 0.818. The van der Waals surface area contributed by atoms with E-state index in [1.807, 2.05) is 42.1 Å². The van der Waals surface area contributed by atoms with Crippen molar-refractivity contribution in [3.8, 4) is 0 Å². The van der Waals surface area contributed by atoms with Gasteiger partial charge in [-0.2, -0.15) is 0 Å². The summed E-state index contributed by atoms with van der Waals surface area (Å²) in [5.41, 5.74) is 2.11. The number of carbonyl (C=O) groups excluding carboxylic acids is 1. The molecule has 0 aliphatic carbocycles. The second kappa shape index (κ2) is 7.49. The lowest BCUT2D eigenvalue weighted by Gasteiger charge is -2.12. The molecule has 0 radical (unpaired) electrons. The van der Waals surface area contributed by atoms with Crippen LogP contribution in [0.4, 0.5) is 10.5 Å². The highest BCUT2D eigenvalue weighted by Crippen LogP contribution is 2.11. The minimum absolute atomic E-state index is 0.203. The normalized spacial score (nSPS) is 10.5. The number of aromatic nitrogens is 2. The number of anilines is 1. The summed E-state index contributed by atoms with van der Waals surface area (Å²) in [5, 5.41) is 8.98. The summed E-state index contributed by atoms with van der Waals surface area (Å²) in [7, 11) is 1.90. The molecule has 0 unspecified atom stereocenters. The molecule has 1 aromatic heterocycles. The molecule has 6 heteroatoms. The molecule has 22 heavy (non-hydrogen) atoms. The van der Waals surface area contributed by atoms with E-state index < -0.39 is 0 Å². The number of imidazole rings is 1. The fraction of sp³-hybridized carbons (Fsp3) is 0.375. The van der Waals surface area contributed by atoms with Crippen molar-refractivity contribution in [1.29, 1.82) is 0 Å². The number of amides is 2. The third-order valence-electron chi connectivity index (χ3n) is 3.16. The lowest BCUT2D eigenvalue weighted by Crippen LogP contribution is -2.35. The van der Waals surface area contributed by atoms with Gasteiger partial charge in [0.1, 0.15) is 5.82 Å². The zero-order valence-electron chi connectivity index (χ0n) is 13.3. The molecule has 6 nitrogen and oxygen atoms in total. The first kappa shape index (κ1) is 15.9. The highest BCUT2D eigenvalue weighted by atomic mass is 16.2. The standard InChI is InChI=1S/C16H23N5O/c1-12(2)20-14-6-4-5-13(9-14)10-18-16(22)19-11-15-17-7-8-21(15)3/h4-9,12,20H,10-11H2,1-3H3,(H2,18,19,22). The Kier molecular flexibility index (Phi) is 5.41. The van der Waals surface area contributed by atoms with Crippen LogP contribution in [0.3, 0.4) is 0 Å². The van der Waals surface area contributed by atoms with Crippen molar-refractivity contribution < 1.29 is 4.79 Å². The SMILES string of the molecule is CC(C)Nc1cccc(CNC(=O)NCc2nccn2C)c1. The van der Waals surface area contributed by atoms with Crippen molar-refractivity contribution in [3.05, 3.63) is 48.0 Å². The third-order valence-corrected chi connectivity index (χ3v) is 3.16. The number of carbonyl (C=O) groups is 1. The van der Waals surface area contributed by atoms with Crippen LogP contribution in [0.25, 0.3) is 0 Å². The second-order valence-electron chi connectivity index (χ2n) is 5.49. The minimum Gasteiger partial charge on any atom is -0.383 e. The predicted octanol–water partition coefficient (Wildman–Crippen LogP) is 2.24. The van der Waals surface area contributed by atoms with E-state index in [4.69, 9.17) is 0 Å². The second-order valence-corrected chi connectivity index (χ2v) is 5.49. The zero-order valence-corrected chi connectivity index (χ0v) is 13.3. The molecule has 0 bridgehead atoms. The van der Waals surface area contributed by atoms with E-state index in [-0.39, 0.29) is 6.03 Å². The Morgan fingerprint density at radius 3 is 2.73 bits per heavy atom. The van der Waals surface area contributed by atoms with Crippen LogP contribution < -0.4 is 16.0 Å². The van der Waals surface area contributed by atoms with Crippen molar-refractivity contribution in [2.24, 2.45) is 7.05 Å². The molecule has 0 saturated heterocycles. The number of nitrogens with one attached hydrogen (secondary N) is 3. The first-order valence-electron chi connectivity index (χ1n) is 7.38. The Labute approximate surface area is 130 Å². The van der Waals surface area contributed by atoms with E-state index in [1.54, 1.807) is 6.20 Å². The van der Waals surface area contributed by atoms with Crippen LogP contribution >= 0.6 is 0 Å². The minimum atomic E-state index is -0.203. The lowest BCUT2D eigenvalue weighted by molar-refractivity contribution is 0.239. The lowest BCUT2D eigenvalue weighted by atomic mass is 10.2. The largest absolute Gasteiger partial charge is 0.383 e. The fourth-order valence-electron chi connectivity index (χ4n) is 2.08. The smallest absolute Gasteiger partial charge is 0.315 e. The number of hydrogen-bond donors (Lipinski definition) is 3. The van der Waals surface area contributed by atoms with Gasteiger partial charge in [0.15, 0.2) is 0 Å². The van der Waals surface area contributed by atoms with Crippen molar-refractivity contribution in [1.82, 2.24) is 20.2 Å². The summed E-state index contributed by atoms with van der Waals surface area (Å²) in [6.07, 6.45) is 3.56. The van der Waals surface area contributed by atoms with Crippen LogP contribution in [0, 0.1) is 0 Å². The first-order chi connectivity index (χ1) is 10.5. The van der Waals surface area contributed by atoms with Crippen molar-refractivity contribution in [3.63, 3.8) is 0 Å². The zero-order chi connectivity index (χ0) is 15.9. The number of hydrogen-bond acceptors (Lipinski definition) is 3. The molecule has 2 amide bonds. The Morgan fingerprint density at radius 2 is 2.05 bits per heavy atom. The molecule has 0 atom stereocenters. The van der Waals surface area contributed by atoms with Crippen molar-refractivity contribution in [2.75, 3.05) is 5.32 Å². The van der Waals surface area contributed by atoms with E-state index in [0.717, 1.165) is 17.1 Å². The van der Waals surface area contributed by atoms with Gasteiger partial charge in [0, 0.05) is 37.7 Å². The topological polar surface area (TPSA) is 71.0 Å². The van der Waals surface area contributed by atoms with Crippen molar-refractivity contribution >= 4 is 11.7 Å². The highest BCUT2D eigenvalue weighted by Gasteiger charge is 2.04. The Hall–Kier alpha value is -2.50. The highest BCUT2D eigenvalue weighted by molar-refractivity contribution is 5.73. The quantitative estimate of drug-likeness (QED) is 0.766. The molecular weight excluding hydrogens is 278 g/mol. The van der Waals surface area contributed by atoms with Crippen LogP contribution in [-0.2, 0) is 20.1 Å². The molecule has 0 saturated carbocycles. The van der Waals surface area contributed by atoms with E-state index >= 15 is 0 Å². The molecular formula is C16H23N5O. The average molecular weight is 301 g/mol. The summed E-state index contributed by atoms with van der Waals surface area (Å²) in [6, 6.07) is 8.20. The summed E-state index contributed by atoms with van der Waals surface area (Å²) < 4.78 is 1.88. The van der Waals surface area contributed by atoms with Crippen molar-refractivity contribution in [2.45, 2.75) is 33.0 Å². The van der Waals surface area contributed by atoms with Gasteiger partial charge in [0.05, 0.1) is 6.54 Å². The number of benzene rings is 1. The summed E-state index contributed by atoms with van der Waals surface area (Å²) in [4.78, 5) is 16.0. The van der Waals surface area contributed by atoms with Crippen LogP contribution in [0.5, 0.6) is 0 Å². The average Bonchev–Trinajstić information content (AvgIpc) is 2.88. The van der Waals surface area contributed by atoms with Crippen LogP contribution in [0.15, 0.2) is 36.7 Å². The summed E-state index contributed by atoms with van der Waals surface area (Å²) >= 11 is 0.